The quantitative estimate of drug-likeness (QED) is 0.613. The first kappa shape index (κ1) is 18.4. The first-order valence-electron chi connectivity index (χ1n) is 6.87. The van der Waals surface area contributed by atoms with Crippen LogP contribution >= 0.6 is 22.9 Å². The zero-order chi connectivity index (χ0) is 17.7. The van der Waals surface area contributed by atoms with Crippen LogP contribution in [0.1, 0.15) is 11.8 Å². The zero-order valence-corrected chi connectivity index (χ0v) is 15.5. The fourth-order valence-electron chi connectivity index (χ4n) is 1.88. The van der Waals surface area contributed by atoms with Crippen LogP contribution in [0.4, 0.5) is 5.69 Å². The third kappa shape index (κ3) is 5.05. The van der Waals surface area contributed by atoms with Gasteiger partial charge < -0.3 is 0 Å². The predicted molar refractivity (Wildman–Crippen MR) is 98.3 cm³/mol. The summed E-state index contributed by atoms with van der Waals surface area (Å²) in [5.74, 6) is -0.545. The number of nitrogens with one attached hydrogen (secondary N) is 1. The second-order valence-electron chi connectivity index (χ2n) is 4.96. The molecule has 0 radical (unpaired) electrons. The minimum Gasteiger partial charge on any atom is -0.271 e. The standard InChI is InChI=1S/C15H16ClN3O3S2/c1-11(14-7-4-8-23-14)17-18-15(20)10-19(24(2,21)22)13-6-3-5-12(16)9-13/h3-9H,10H2,1-2H3,(H,18,20)/b17-11-. The summed E-state index contributed by atoms with van der Waals surface area (Å²) in [7, 11) is -3.64. The van der Waals surface area contributed by atoms with Gasteiger partial charge in [0.15, 0.2) is 0 Å². The van der Waals surface area contributed by atoms with Crippen LogP contribution in [0, 0.1) is 0 Å². The van der Waals surface area contributed by atoms with Gasteiger partial charge in [-0.1, -0.05) is 23.7 Å². The normalized spacial score (nSPS) is 12.0. The molecule has 2 rings (SSSR count). The number of amides is 1. The van der Waals surface area contributed by atoms with Crippen molar-refractivity contribution in [1.29, 1.82) is 0 Å². The van der Waals surface area contributed by atoms with E-state index in [4.69, 9.17) is 11.6 Å². The average molecular weight is 386 g/mol. The molecule has 24 heavy (non-hydrogen) atoms. The van der Waals surface area contributed by atoms with Gasteiger partial charge in [-0.3, -0.25) is 9.10 Å². The number of sulfonamides is 1. The lowest BCUT2D eigenvalue weighted by Crippen LogP contribution is -2.39. The number of hydrogen-bond acceptors (Lipinski definition) is 5. The fourth-order valence-corrected chi connectivity index (χ4v) is 3.59. The Morgan fingerprint density at radius 3 is 2.67 bits per heavy atom. The minimum absolute atomic E-state index is 0.319. The number of hydrazone groups is 1. The number of anilines is 1. The Morgan fingerprint density at radius 2 is 2.08 bits per heavy atom. The Hall–Kier alpha value is -1.90. The third-order valence-electron chi connectivity index (χ3n) is 3.01. The molecule has 6 nitrogen and oxygen atoms in total. The van der Waals surface area contributed by atoms with Gasteiger partial charge in [-0.05, 0) is 36.6 Å². The molecule has 0 aliphatic heterocycles. The lowest BCUT2D eigenvalue weighted by molar-refractivity contribution is -0.119. The Balaban J connectivity index is 2.13. The Kier molecular flexibility index (Phi) is 5.98. The highest BCUT2D eigenvalue weighted by Gasteiger charge is 2.21. The SMILES string of the molecule is C/C(=N/NC(=O)CN(c1cccc(Cl)c1)S(C)(=O)=O)c1cccs1. The maximum atomic E-state index is 12.1. The van der Waals surface area contributed by atoms with Crippen molar-refractivity contribution in [2.24, 2.45) is 5.10 Å². The van der Waals surface area contributed by atoms with Crippen LogP contribution in [0.3, 0.4) is 0 Å². The van der Waals surface area contributed by atoms with Gasteiger partial charge >= 0.3 is 0 Å². The van der Waals surface area contributed by atoms with E-state index in [1.54, 1.807) is 25.1 Å². The van der Waals surface area contributed by atoms with E-state index >= 15 is 0 Å². The molecule has 0 atom stereocenters. The van der Waals surface area contributed by atoms with Crippen LogP contribution in [0.5, 0.6) is 0 Å². The van der Waals surface area contributed by atoms with Crippen molar-refractivity contribution in [3.63, 3.8) is 0 Å². The van der Waals surface area contributed by atoms with E-state index in [9.17, 15) is 13.2 Å². The van der Waals surface area contributed by atoms with Gasteiger partial charge in [0.25, 0.3) is 5.91 Å². The van der Waals surface area contributed by atoms with E-state index in [-0.39, 0.29) is 6.54 Å². The van der Waals surface area contributed by atoms with Crippen LogP contribution < -0.4 is 9.73 Å². The number of halogens is 1. The van der Waals surface area contributed by atoms with Crippen molar-refractivity contribution in [2.45, 2.75) is 6.92 Å². The Bertz CT molecular complexity index is 849. The number of benzene rings is 1. The maximum Gasteiger partial charge on any atom is 0.260 e. The van der Waals surface area contributed by atoms with Gasteiger partial charge in [0.05, 0.1) is 17.7 Å². The molecule has 1 amide bonds. The fraction of sp³-hybridized carbons (Fsp3) is 0.200. The molecule has 2 aromatic rings. The molecular formula is C15H16ClN3O3S2. The molecule has 1 N–H and O–H groups in total. The summed E-state index contributed by atoms with van der Waals surface area (Å²) in [6, 6.07) is 10.1. The van der Waals surface area contributed by atoms with Crippen molar-refractivity contribution in [2.75, 3.05) is 17.1 Å². The first-order valence-corrected chi connectivity index (χ1v) is 9.98. The predicted octanol–water partition coefficient (Wildman–Crippen LogP) is 2.71. The molecule has 1 aromatic carbocycles. The molecule has 0 aliphatic carbocycles. The average Bonchev–Trinajstić information content (AvgIpc) is 3.03. The van der Waals surface area contributed by atoms with Gasteiger partial charge in [-0.15, -0.1) is 11.3 Å². The van der Waals surface area contributed by atoms with Crippen LogP contribution in [0.2, 0.25) is 5.02 Å². The largest absolute Gasteiger partial charge is 0.271 e. The van der Waals surface area contributed by atoms with Crippen molar-refractivity contribution < 1.29 is 13.2 Å². The molecule has 0 unspecified atom stereocenters. The van der Waals surface area contributed by atoms with E-state index < -0.39 is 15.9 Å². The van der Waals surface area contributed by atoms with Gasteiger partial charge in [0.2, 0.25) is 10.0 Å². The molecule has 0 aliphatic rings. The highest BCUT2D eigenvalue weighted by atomic mass is 35.5. The van der Waals surface area contributed by atoms with Gasteiger partial charge in [0, 0.05) is 9.90 Å². The Morgan fingerprint density at radius 1 is 1.33 bits per heavy atom. The van der Waals surface area contributed by atoms with Crippen LogP contribution in [-0.4, -0.2) is 32.8 Å². The number of rotatable bonds is 6. The van der Waals surface area contributed by atoms with Crippen LogP contribution in [-0.2, 0) is 14.8 Å². The van der Waals surface area contributed by atoms with Crippen LogP contribution in [0.25, 0.3) is 0 Å². The Labute approximate surface area is 149 Å². The minimum atomic E-state index is -3.64. The third-order valence-corrected chi connectivity index (χ3v) is 5.36. The van der Waals surface area contributed by atoms with Crippen LogP contribution in [0.15, 0.2) is 46.9 Å². The molecule has 1 aromatic heterocycles. The maximum absolute atomic E-state index is 12.1. The monoisotopic (exact) mass is 385 g/mol. The molecule has 0 bridgehead atoms. The number of nitrogens with zero attached hydrogens (tertiary/aromatic N) is 2. The summed E-state index contributed by atoms with van der Waals surface area (Å²) in [5.41, 5.74) is 3.34. The molecule has 0 fully saturated rings. The molecule has 128 valence electrons. The summed E-state index contributed by atoms with van der Waals surface area (Å²) >= 11 is 7.39. The topological polar surface area (TPSA) is 78.8 Å². The lowest BCUT2D eigenvalue weighted by Gasteiger charge is -2.21. The van der Waals surface area contributed by atoms with E-state index in [2.05, 4.69) is 10.5 Å². The second-order valence-corrected chi connectivity index (χ2v) is 8.25. The van der Waals surface area contributed by atoms with E-state index in [0.717, 1.165) is 15.4 Å². The van der Waals surface area contributed by atoms with E-state index in [1.165, 1.54) is 17.4 Å². The first-order chi connectivity index (χ1) is 11.3. The summed E-state index contributed by atoms with van der Waals surface area (Å²) in [6.07, 6.45) is 1.03. The van der Waals surface area contributed by atoms with E-state index in [1.807, 2.05) is 17.5 Å². The summed E-state index contributed by atoms with van der Waals surface area (Å²) in [5, 5.41) is 6.28. The van der Waals surface area contributed by atoms with Crippen molar-refractivity contribution >= 4 is 50.3 Å². The number of thiophene rings is 1. The highest BCUT2D eigenvalue weighted by molar-refractivity contribution is 7.92. The molecule has 0 saturated heterocycles. The number of carbonyl (C=O) groups is 1. The van der Waals surface area contributed by atoms with E-state index in [0.29, 0.717) is 16.4 Å². The smallest absolute Gasteiger partial charge is 0.260 e. The molecule has 1 heterocycles. The zero-order valence-electron chi connectivity index (χ0n) is 13.1. The second kappa shape index (κ2) is 7.78. The molecule has 9 heteroatoms. The number of hydrogen-bond donors (Lipinski definition) is 1. The summed E-state index contributed by atoms with van der Waals surface area (Å²) in [6.45, 7) is 1.37. The van der Waals surface area contributed by atoms with Gasteiger partial charge in [0.1, 0.15) is 6.54 Å². The molecule has 0 spiro atoms. The van der Waals surface area contributed by atoms with Gasteiger partial charge in [-0.25, -0.2) is 13.8 Å². The number of carbonyl (C=O) groups excluding carboxylic acids is 1. The summed E-state index contributed by atoms with van der Waals surface area (Å²) < 4.78 is 24.9. The van der Waals surface area contributed by atoms with Crippen molar-refractivity contribution in [1.82, 2.24) is 5.43 Å². The molecular weight excluding hydrogens is 370 g/mol. The van der Waals surface area contributed by atoms with Gasteiger partial charge in [-0.2, -0.15) is 5.10 Å². The lowest BCUT2D eigenvalue weighted by atomic mass is 10.3. The van der Waals surface area contributed by atoms with Crippen molar-refractivity contribution in [3.05, 3.63) is 51.7 Å². The highest BCUT2D eigenvalue weighted by Crippen LogP contribution is 2.21. The van der Waals surface area contributed by atoms with Crippen molar-refractivity contribution in [3.8, 4) is 0 Å². The summed E-state index contributed by atoms with van der Waals surface area (Å²) in [4.78, 5) is 13.0. The molecule has 0 saturated carbocycles.